The van der Waals surface area contributed by atoms with Gasteiger partial charge in [-0.05, 0) is 22.4 Å². The van der Waals surface area contributed by atoms with Crippen molar-refractivity contribution in [3.8, 4) is 0 Å². The van der Waals surface area contributed by atoms with Gasteiger partial charge in [-0.2, -0.15) is 4.72 Å². The minimum atomic E-state index is -4.16. The van der Waals surface area contributed by atoms with Gasteiger partial charge in [0.15, 0.2) is 4.60 Å². The average molecular weight is 370 g/mol. The van der Waals surface area contributed by atoms with E-state index in [1.165, 1.54) is 7.05 Å². The van der Waals surface area contributed by atoms with Gasteiger partial charge in [0.05, 0.1) is 0 Å². The van der Waals surface area contributed by atoms with E-state index in [1.54, 1.807) is 0 Å². The summed E-state index contributed by atoms with van der Waals surface area (Å²) in [7, 11) is -2.82. The van der Waals surface area contributed by atoms with Crippen LogP contribution in [-0.4, -0.2) is 46.4 Å². The van der Waals surface area contributed by atoms with E-state index < -0.39 is 27.9 Å². The Bertz CT molecular complexity index is 608. The topological polar surface area (TPSA) is 157 Å². The molecule has 112 valence electrons. The van der Waals surface area contributed by atoms with Crippen molar-refractivity contribution in [3.05, 3.63) is 4.60 Å². The molecule has 1 aromatic heterocycles. The second-order valence-corrected chi connectivity index (χ2v) is 6.21. The first kappa shape index (κ1) is 16.5. The highest BCUT2D eigenvalue weighted by Crippen LogP contribution is 2.18. The fourth-order valence-corrected chi connectivity index (χ4v) is 3.69. The van der Waals surface area contributed by atoms with Crippen LogP contribution in [0.2, 0.25) is 0 Å². The second kappa shape index (κ2) is 6.28. The molecule has 0 saturated carbocycles. The number of carboxylic acid groups (broad SMARTS) is 1. The molecule has 1 aromatic rings. The molecule has 0 bridgehead atoms. The molecule has 1 rings (SSSR count). The van der Waals surface area contributed by atoms with Crippen LogP contribution in [0.4, 0.5) is 0 Å². The van der Waals surface area contributed by atoms with Crippen LogP contribution in [0.25, 0.3) is 0 Å². The van der Waals surface area contributed by atoms with Crippen LogP contribution in [0.1, 0.15) is 12.8 Å². The zero-order valence-corrected chi connectivity index (χ0v) is 12.7. The highest BCUT2D eigenvalue weighted by molar-refractivity contribution is 9.10. The Hall–Kier alpha value is -1.53. The third-order valence-electron chi connectivity index (χ3n) is 2.27. The number of nitrogens with one attached hydrogen (secondary N) is 1. The Morgan fingerprint density at radius 1 is 1.55 bits per heavy atom. The highest BCUT2D eigenvalue weighted by atomic mass is 79.9. The molecular weight excluding hydrogens is 358 g/mol. The number of hydrogen-bond donors (Lipinski definition) is 3. The Balaban J connectivity index is 2.98. The smallest absolute Gasteiger partial charge is 0.321 e. The van der Waals surface area contributed by atoms with Crippen molar-refractivity contribution in [2.45, 2.75) is 23.9 Å². The van der Waals surface area contributed by atoms with Crippen molar-refractivity contribution >= 4 is 37.8 Å². The lowest BCUT2D eigenvalue weighted by Gasteiger charge is -2.13. The number of hydrogen-bond acceptors (Lipinski definition) is 6. The Morgan fingerprint density at radius 2 is 2.15 bits per heavy atom. The van der Waals surface area contributed by atoms with E-state index in [9.17, 15) is 18.0 Å². The SMILES string of the molecule is Cn1nnc(Br)c1S(=O)(=O)N[C@@H](CCC(N)=O)C(=O)O. The van der Waals surface area contributed by atoms with Crippen LogP contribution in [0.15, 0.2) is 9.63 Å². The molecule has 0 aromatic carbocycles. The second-order valence-electron chi connectivity index (χ2n) is 3.83. The van der Waals surface area contributed by atoms with E-state index in [-0.39, 0.29) is 22.5 Å². The van der Waals surface area contributed by atoms with Gasteiger partial charge in [-0.1, -0.05) is 5.21 Å². The van der Waals surface area contributed by atoms with Gasteiger partial charge in [-0.15, -0.1) is 5.10 Å². The van der Waals surface area contributed by atoms with Crippen molar-refractivity contribution in [1.29, 1.82) is 0 Å². The lowest BCUT2D eigenvalue weighted by atomic mass is 10.2. The number of rotatable bonds is 7. The Labute approximate surface area is 122 Å². The molecule has 0 unspecified atom stereocenters. The molecule has 0 aliphatic heterocycles. The summed E-state index contributed by atoms with van der Waals surface area (Å²) in [5.41, 5.74) is 4.91. The van der Waals surface area contributed by atoms with Crippen LogP contribution in [0, 0.1) is 0 Å². The van der Waals surface area contributed by atoms with Gasteiger partial charge >= 0.3 is 5.97 Å². The number of carbonyl (C=O) groups is 2. The van der Waals surface area contributed by atoms with Crippen LogP contribution >= 0.6 is 15.9 Å². The number of halogens is 1. The number of amides is 1. The number of carbonyl (C=O) groups excluding carboxylic acids is 1. The molecule has 20 heavy (non-hydrogen) atoms. The quantitative estimate of drug-likeness (QED) is 0.531. The van der Waals surface area contributed by atoms with Crippen LogP contribution in [0.3, 0.4) is 0 Å². The number of primary amides is 1. The van der Waals surface area contributed by atoms with Gasteiger partial charge < -0.3 is 10.8 Å². The minimum Gasteiger partial charge on any atom is -0.480 e. The van der Waals surface area contributed by atoms with Crippen molar-refractivity contribution in [3.63, 3.8) is 0 Å². The van der Waals surface area contributed by atoms with E-state index >= 15 is 0 Å². The summed E-state index contributed by atoms with van der Waals surface area (Å²) in [4.78, 5) is 21.6. The molecule has 1 heterocycles. The van der Waals surface area contributed by atoms with Gasteiger partial charge in [0.1, 0.15) is 6.04 Å². The van der Waals surface area contributed by atoms with Gasteiger partial charge in [-0.3, -0.25) is 9.59 Å². The molecule has 1 amide bonds. The Morgan fingerprint density at radius 3 is 2.55 bits per heavy atom. The van der Waals surface area contributed by atoms with Crippen LogP contribution in [-0.2, 0) is 26.7 Å². The molecular formula is C8H12BrN5O5S. The predicted molar refractivity (Wildman–Crippen MR) is 68.9 cm³/mol. The van der Waals surface area contributed by atoms with E-state index in [0.29, 0.717) is 0 Å². The normalized spacial score (nSPS) is 13.1. The average Bonchev–Trinajstić information content (AvgIpc) is 2.64. The lowest BCUT2D eigenvalue weighted by molar-refractivity contribution is -0.139. The van der Waals surface area contributed by atoms with Crippen molar-refractivity contribution in [1.82, 2.24) is 19.7 Å². The number of aromatic nitrogens is 3. The number of aliphatic carboxylic acids is 1. The lowest BCUT2D eigenvalue weighted by Crippen LogP contribution is -2.42. The zero-order valence-electron chi connectivity index (χ0n) is 10.3. The van der Waals surface area contributed by atoms with Crippen molar-refractivity contribution < 1.29 is 23.1 Å². The summed E-state index contributed by atoms with van der Waals surface area (Å²) in [5.74, 6) is -2.14. The molecule has 4 N–H and O–H groups in total. The number of carboxylic acids is 1. The molecule has 12 heteroatoms. The fraction of sp³-hybridized carbons (Fsp3) is 0.500. The maximum absolute atomic E-state index is 12.1. The van der Waals surface area contributed by atoms with E-state index in [0.717, 1.165) is 4.68 Å². The standard InChI is InChI=1S/C8H12BrN5O5S/c1-14-7(6(9)11-13-14)20(18,19)12-4(8(16)17)2-3-5(10)15/h4,12H,2-3H2,1H3,(H2,10,15)(H,16,17)/t4-/m0/s1. The maximum atomic E-state index is 12.1. The van der Waals surface area contributed by atoms with E-state index in [2.05, 4.69) is 26.2 Å². The number of sulfonamides is 1. The summed E-state index contributed by atoms with van der Waals surface area (Å²) < 4.78 is 27.0. The maximum Gasteiger partial charge on any atom is 0.321 e. The summed E-state index contributed by atoms with van der Waals surface area (Å²) >= 11 is 2.91. The van der Waals surface area contributed by atoms with Crippen LogP contribution in [0.5, 0.6) is 0 Å². The summed E-state index contributed by atoms with van der Waals surface area (Å²) in [6.45, 7) is 0. The third-order valence-corrected chi connectivity index (χ3v) is 4.62. The zero-order chi connectivity index (χ0) is 15.5. The van der Waals surface area contributed by atoms with E-state index in [1.807, 2.05) is 4.72 Å². The van der Waals surface area contributed by atoms with Crippen molar-refractivity contribution in [2.24, 2.45) is 12.8 Å². The van der Waals surface area contributed by atoms with E-state index in [4.69, 9.17) is 10.8 Å². The number of aryl methyl sites for hydroxylation is 1. The first-order valence-electron chi connectivity index (χ1n) is 5.23. The van der Waals surface area contributed by atoms with Gasteiger partial charge in [-0.25, -0.2) is 13.1 Å². The summed E-state index contributed by atoms with van der Waals surface area (Å²) in [5, 5.41) is 15.6. The molecule has 0 aliphatic carbocycles. The largest absolute Gasteiger partial charge is 0.480 e. The monoisotopic (exact) mass is 369 g/mol. The molecule has 10 nitrogen and oxygen atoms in total. The molecule has 0 spiro atoms. The molecule has 0 saturated heterocycles. The first-order valence-corrected chi connectivity index (χ1v) is 7.51. The van der Waals surface area contributed by atoms with Crippen LogP contribution < -0.4 is 10.5 Å². The Kier molecular flexibility index (Phi) is 5.19. The fourth-order valence-electron chi connectivity index (χ4n) is 1.37. The van der Waals surface area contributed by atoms with Gasteiger partial charge in [0.25, 0.3) is 10.0 Å². The third kappa shape index (κ3) is 3.98. The highest BCUT2D eigenvalue weighted by Gasteiger charge is 2.30. The number of nitrogens with two attached hydrogens (primary N) is 1. The van der Waals surface area contributed by atoms with Crippen molar-refractivity contribution in [2.75, 3.05) is 0 Å². The first-order chi connectivity index (χ1) is 9.15. The predicted octanol–water partition coefficient (Wildman–Crippen LogP) is -1.43. The molecule has 1 atom stereocenters. The molecule has 0 aliphatic rings. The summed E-state index contributed by atoms with van der Waals surface area (Å²) in [6.07, 6.45) is -0.517. The number of nitrogens with zero attached hydrogens (tertiary/aromatic N) is 3. The summed E-state index contributed by atoms with van der Waals surface area (Å²) in [6, 6.07) is -1.48. The van der Waals surface area contributed by atoms with Gasteiger partial charge in [0, 0.05) is 13.5 Å². The molecule has 0 radical (unpaired) electrons. The van der Waals surface area contributed by atoms with Gasteiger partial charge in [0.2, 0.25) is 10.9 Å². The minimum absolute atomic E-state index is 0.0495. The molecule has 0 fully saturated rings.